The highest BCUT2D eigenvalue weighted by molar-refractivity contribution is 6.10. The summed E-state index contributed by atoms with van der Waals surface area (Å²) >= 11 is 0. The summed E-state index contributed by atoms with van der Waals surface area (Å²) in [7, 11) is 0. The second kappa shape index (κ2) is 10.5. The van der Waals surface area contributed by atoms with Gasteiger partial charge in [-0.2, -0.15) is 0 Å². The zero-order valence-corrected chi connectivity index (χ0v) is 28.5. The standard InChI is InChI=1S/C49H30N2O2/c1-7-20-39-32(14-1)33-15-2-8-21-40(33)50(39)31-28-29-38-47(30-31)53-46-27-13-24-43(51-41-22-9-3-16-34(41)35-17-4-10-23-42(35)51)48(46)49(38)36-18-5-11-25-44(36)52-45-26-12-6-19-37(45)49/h1-30H. The highest BCUT2D eigenvalue weighted by Gasteiger charge is 2.52. The molecule has 0 atom stereocenters. The number of benzene rings is 8. The first-order valence-electron chi connectivity index (χ1n) is 18.1. The molecular weight excluding hydrogens is 649 g/mol. The van der Waals surface area contributed by atoms with Crippen molar-refractivity contribution in [3.8, 4) is 34.4 Å². The summed E-state index contributed by atoms with van der Waals surface area (Å²) < 4.78 is 18.7. The van der Waals surface area contributed by atoms with Gasteiger partial charge >= 0.3 is 0 Å². The molecule has 8 aromatic carbocycles. The first-order valence-corrected chi connectivity index (χ1v) is 18.1. The van der Waals surface area contributed by atoms with Crippen molar-refractivity contribution in [2.24, 2.45) is 0 Å². The molecule has 0 unspecified atom stereocenters. The van der Waals surface area contributed by atoms with E-state index in [1.807, 2.05) is 0 Å². The lowest BCUT2D eigenvalue weighted by Crippen LogP contribution is -2.38. The first kappa shape index (κ1) is 28.6. The molecule has 4 nitrogen and oxygen atoms in total. The molecule has 2 aromatic heterocycles. The predicted octanol–water partition coefficient (Wildman–Crippen LogP) is 12.5. The quantitative estimate of drug-likeness (QED) is 0.182. The van der Waals surface area contributed by atoms with Gasteiger partial charge in [-0.05, 0) is 54.6 Å². The lowest BCUT2D eigenvalue weighted by molar-refractivity contribution is 0.399. The number of fused-ring (bicyclic) bond motifs is 14. The average Bonchev–Trinajstić information content (AvgIpc) is 3.73. The first-order chi connectivity index (χ1) is 26.3. The van der Waals surface area contributed by atoms with Crippen molar-refractivity contribution in [2.45, 2.75) is 5.41 Å². The van der Waals surface area contributed by atoms with Crippen LogP contribution < -0.4 is 9.47 Å². The number of hydrogen-bond acceptors (Lipinski definition) is 2. The largest absolute Gasteiger partial charge is 0.457 e. The van der Waals surface area contributed by atoms with Crippen LogP contribution in [-0.4, -0.2) is 9.13 Å². The molecule has 0 radical (unpaired) electrons. The topological polar surface area (TPSA) is 28.3 Å². The van der Waals surface area contributed by atoms with Crippen LogP contribution in [0.1, 0.15) is 22.3 Å². The number of ether oxygens (including phenoxy) is 2. The Morgan fingerprint density at radius 1 is 0.340 bits per heavy atom. The summed E-state index contributed by atoms with van der Waals surface area (Å²) in [5.74, 6) is 3.33. The smallest absolute Gasteiger partial charge is 0.134 e. The minimum atomic E-state index is -0.767. The molecule has 1 spiro atoms. The fourth-order valence-electron chi connectivity index (χ4n) is 9.40. The summed E-state index contributed by atoms with van der Waals surface area (Å²) in [6, 6.07) is 65.0. The van der Waals surface area contributed by atoms with Crippen LogP contribution in [-0.2, 0) is 5.41 Å². The molecule has 248 valence electrons. The summed E-state index contributed by atoms with van der Waals surface area (Å²) in [4.78, 5) is 0. The number of hydrogen-bond donors (Lipinski definition) is 0. The lowest BCUT2D eigenvalue weighted by atomic mass is 9.62. The SMILES string of the molecule is c1ccc2c(c1)Oc1ccccc1C21c2ccc(-n3c4ccccc4c4ccccc43)cc2Oc2cccc(-n3c4ccccc4c4ccccc43)c21. The van der Waals surface area contributed by atoms with Gasteiger partial charge in [-0.1, -0.05) is 121 Å². The molecule has 2 aliphatic rings. The Labute approximate surface area is 305 Å². The van der Waals surface area contributed by atoms with Gasteiger partial charge in [-0.15, -0.1) is 0 Å². The Bertz CT molecular complexity index is 2990. The normalized spacial score (nSPS) is 13.7. The van der Waals surface area contributed by atoms with E-state index in [2.05, 4.69) is 191 Å². The van der Waals surface area contributed by atoms with Gasteiger partial charge in [0, 0.05) is 55.6 Å². The molecule has 0 bridgehead atoms. The molecule has 0 aliphatic carbocycles. The molecular formula is C49H30N2O2. The van der Waals surface area contributed by atoms with E-state index in [1.54, 1.807) is 0 Å². The van der Waals surface area contributed by atoms with E-state index in [4.69, 9.17) is 9.47 Å². The van der Waals surface area contributed by atoms with E-state index in [0.29, 0.717) is 0 Å². The fraction of sp³-hybridized carbons (Fsp3) is 0.0204. The molecule has 4 heteroatoms. The van der Waals surface area contributed by atoms with E-state index in [-0.39, 0.29) is 0 Å². The summed E-state index contributed by atoms with van der Waals surface area (Å²) in [5, 5.41) is 4.89. The van der Waals surface area contributed by atoms with Gasteiger partial charge in [0.05, 0.1) is 33.2 Å². The van der Waals surface area contributed by atoms with Crippen molar-refractivity contribution in [1.82, 2.24) is 9.13 Å². The molecule has 0 N–H and O–H groups in total. The third kappa shape index (κ3) is 3.69. The van der Waals surface area contributed by atoms with E-state index in [1.165, 1.54) is 21.5 Å². The molecule has 0 amide bonds. The molecule has 4 heterocycles. The summed E-state index contributed by atoms with van der Waals surface area (Å²) in [6.45, 7) is 0. The van der Waals surface area contributed by atoms with Gasteiger partial charge in [-0.3, -0.25) is 0 Å². The molecule has 10 aromatic rings. The van der Waals surface area contributed by atoms with Crippen LogP contribution in [0.4, 0.5) is 0 Å². The van der Waals surface area contributed by atoms with Gasteiger partial charge in [0.2, 0.25) is 0 Å². The maximum Gasteiger partial charge on any atom is 0.134 e. The molecule has 0 saturated heterocycles. The molecule has 12 rings (SSSR count). The van der Waals surface area contributed by atoms with Crippen LogP contribution in [0, 0.1) is 0 Å². The Hall–Kier alpha value is -7.04. The second-order valence-corrected chi connectivity index (χ2v) is 14.0. The molecule has 53 heavy (non-hydrogen) atoms. The molecule has 0 fully saturated rings. The molecule has 2 aliphatic heterocycles. The van der Waals surface area contributed by atoms with E-state index in [0.717, 1.165) is 78.7 Å². The van der Waals surface area contributed by atoms with Crippen LogP contribution in [0.25, 0.3) is 55.0 Å². The minimum Gasteiger partial charge on any atom is -0.457 e. The third-order valence-electron chi connectivity index (χ3n) is 11.4. The van der Waals surface area contributed by atoms with Crippen molar-refractivity contribution < 1.29 is 9.47 Å². The Kier molecular flexibility index (Phi) is 5.67. The van der Waals surface area contributed by atoms with Crippen molar-refractivity contribution in [3.05, 3.63) is 204 Å². The van der Waals surface area contributed by atoms with Gasteiger partial charge in [0.15, 0.2) is 0 Å². The van der Waals surface area contributed by atoms with Crippen molar-refractivity contribution in [2.75, 3.05) is 0 Å². The van der Waals surface area contributed by atoms with Crippen molar-refractivity contribution in [3.63, 3.8) is 0 Å². The zero-order valence-electron chi connectivity index (χ0n) is 28.5. The minimum absolute atomic E-state index is 0.767. The fourth-order valence-corrected chi connectivity index (χ4v) is 9.40. The van der Waals surface area contributed by atoms with Gasteiger partial charge in [0.25, 0.3) is 0 Å². The number of nitrogens with zero attached hydrogens (tertiary/aromatic N) is 2. The average molecular weight is 679 g/mol. The van der Waals surface area contributed by atoms with E-state index < -0.39 is 5.41 Å². The monoisotopic (exact) mass is 678 g/mol. The van der Waals surface area contributed by atoms with Crippen molar-refractivity contribution >= 4 is 43.6 Å². The Balaban J connectivity index is 1.22. The van der Waals surface area contributed by atoms with Crippen LogP contribution in [0.15, 0.2) is 182 Å². The summed E-state index contributed by atoms with van der Waals surface area (Å²) in [6.07, 6.45) is 0. The highest BCUT2D eigenvalue weighted by atomic mass is 16.5. The van der Waals surface area contributed by atoms with Crippen LogP contribution in [0.3, 0.4) is 0 Å². The summed E-state index contributed by atoms with van der Waals surface area (Å²) in [5.41, 5.74) is 10.3. The predicted molar refractivity (Wildman–Crippen MR) is 214 cm³/mol. The van der Waals surface area contributed by atoms with Crippen LogP contribution >= 0.6 is 0 Å². The van der Waals surface area contributed by atoms with Gasteiger partial charge in [-0.25, -0.2) is 0 Å². The number of para-hydroxylation sites is 6. The van der Waals surface area contributed by atoms with Crippen LogP contribution in [0.2, 0.25) is 0 Å². The van der Waals surface area contributed by atoms with Crippen LogP contribution in [0.5, 0.6) is 23.0 Å². The maximum absolute atomic E-state index is 7.19. The van der Waals surface area contributed by atoms with Gasteiger partial charge < -0.3 is 18.6 Å². The van der Waals surface area contributed by atoms with Gasteiger partial charge in [0.1, 0.15) is 23.0 Å². The maximum atomic E-state index is 7.19. The number of rotatable bonds is 2. The second-order valence-electron chi connectivity index (χ2n) is 14.0. The van der Waals surface area contributed by atoms with Crippen molar-refractivity contribution in [1.29, 1.82) is 0 Å². The third-order valence-corrected chi connectivity index (χ3v) is 11.4. The highest BCUT2D eigenvalue weighted by Crippen LogP contribution is 2.63. The lowest BCUT2D eigenvalue weighted by Gasteiger charge is -2.45. The molecule has 0 saturated carbocycles. The van der Waals surface area contributed by atoms with E-state index >= 15 is 0 Å². The Morgan fingerprint density at radius 2 is 0.774 bits per heavy atom. The zero-order chi connectivity index (χ0) is 34.7. The Morgan fingerprint density at radius 3 is 1.34 bits per heavy atom. The van der Waals surface area contributed by atoms with E-state index in [9.17, 15) is 0 Å². The number of aromatic nitrogens is 2.